The molecule has 9 heteroatoms. The standard InChI is InChI=1S/C32H33N5O4/c1-21-8-7-13-26(25(21)19-34)35-31(40)27(16-17-33)36-32(41)28-18-23-11-5-6-12-24(23)20-37(28)30(39)15-14-29(38)22-9-3-2-4-10-22/h2-13,27-28H,14-18,20,33H2,1H3,(H,35,40)(H,36,41)/t27-,28-/m0/s1. The van der Waals surface area contributed by atoms with Gasteiger partial charge in [-0.3, -0.25) is 19.2 Å². The van der Waals surface area contributed by atoms with Crippen molar-refractivity contribution in [1.82, 2.24) is 10.2 Å². The van der Waals surface area contributed by atoms with Gasteiger partial charge in [0.2, 0.25) is 17.7 Å². The van der Waals surface area contributed by atoms with Crippen molar-refractivity contribution in [2.45, 2.75) is 51.2 Å². The van der Waals surface area contributed by atoms with Crippen molar-refractivity contribution in [3.8, 4) is 6.07 Å². The molecule has 3 aromatic carbocycles. The van der Waals surface area contributed by atoms with Gasteiger partial charge in [-0.2, -0.15) is 5.26 Å². The highest BCUT2D eigenvalue weighted by atomic mass is 16.2. The van der Waals surface area contributed by atoms with E-state index in [1.54, 1.807) is 49.4 Å². The number of nitrogens with zero attached hydrogens (tertiary/aromatic N) is 2. The lowest BCUT2D eigenvalue weighted by Crippen LogP contribution is -2.56. The van der Waals surface area contributed by atoms with Gasteiger partial charge in [0.25, 0.3) is 0 Å². The molecular weight excluding hydrogens is 518 g/mol. The molecule has 1 aliphatic rings. The Hall–Kier alpha value is -4.81. The van der Waals surface area contributed by atoms with Gasteiger partial charge in [-0.05, 0) is 42.6 Å². The Morgan fingerprint density at radius 3 is 2.39 bits per heavy atom. The van der Waals surface area contributed by atoms with Crippen LogP contribution in [0.1, 0.15) is 51.9 Å². The molecule has 1 aliphatic heterocycles. The van der Waals surface area contributed by atoms with Crippen molar-refractivity contribution in [3.63, 3.8) is 0 Å². The first-order valence-corrected chi connectivity index (χ1v) is 13.6. The van der Waals surface area contributed by atoms with E-state index in [2.05, 4.69) is 16.7 Å². The summed E-state index contributed by atoms with van der Waals surface area (Å²) in [6.45, 7) is 2.12. The Balaban J connectivity index is 1.51. The number of rotatable bonds is 10. The second-order valence-electron chi connectivity index (χ2n) is 10.0. The maximum absolute atomic E-state index is 13.7. The lowest BCUT2D eigenvalue weighted by molar-refractivity contribution is -0.142. The fourth-order valence-electron chi connectivity index (χ4n) is 5.00. The third-order valence-electron chi connectivity index (χ3n) is 7.26. The van der Waals surface area contributed by atoms with Gasteiger partial charge in [0.05, 0.1) is 11.3 Å². The second kappa shape index (κ2) is 13.5. The second-order valence-corrected chi connectivity index (χ2v) is 10.0. The molecule has 3 aromatic rings. The van der Waals surface area contributed by atoms with Gasteiger partial charge in [0.1, 0.15) is 18.2 Å². The van der Waals surface area contributed by atoms with Crippen molar-refractivity contribution in [1.29, 1.82) is 5.26 Å². The number of fused-ring (bicyclic) bond motifs is 1. The molecule has 4 N–H and O–H groups in total. The predicted molar refractivity (Wildman–Crippen MR) is 155 cm³/mol. The number of hydrogen-bond acceptors (Lipinski definition) is 6. The first-order valence-electron chi connectivity index (χ1n) is 13.6. The van der Waals surface area contributed by atoms with E-state index in [0.29, 0.717) is 22.4 Å². The minimum absolute atomic E-state index is 0.0191. The number of benzene rings is 3. The smallest absolute Gasteiger partial charge is 0.247 e. The van der Waals surface area contributed by atoms with Crippen molar-refractivity contribution >= 4 is 29.2 Å². The zero-order valence-corrected chi connectivity index (χ0v) is 22.9. The fourth-order valence-corrected chi connectivity index (χ4v) is 5.00. The maximum atomic E-state index is 13.7. The molecule has 0 bridgehead atoms. The highest BCUT2D eigenvalue weighted by Crippen LogP contribution is 2.25. The maximum Gasteiger partial charge on any atom is 0.247 e. The van der Waals surface area contributed by atoms with Gasteiger partial charge in [-0.1, -0.05) is 66.7 Å². The number of Topliss-reactive ketones (excluding diaryl/α,β-unsaturated/α-hetero) is 1. The van der Waals surface area contributed by atoms with Crippen LogP contribution < -0.4 is 16.4 Å². The van der Waals surface area contributed by atoms with Gasteiger partial charge in [-0.15, -0.1) is 0 Å². The Bertz CT molecular complexity index is 1480. The average molecular weight is 552 g/mol. The van der Waals surface area contributed by atoms with Gasteiger partial charge >= 0.3 is 0 Å². The lowest BCUT2D eigenvalue weighted by atomic mass is 9.92. The van der Waals surface area contributed by atoms with E-state index in [4.69, 9.17) is 5.73 Å². The number of carbonyl (C=O) groups excluding carboxylic acids is 4. The third-order valence-corrected chi connectivity index (χ3v) is 7.26. The molecule has 9 nitrogen and oxygen atoms in total. The summed E-state index contributed by atoms with van der Waals surface area (Å²) in [4.78, 5) is 54.4. The molecule has 1 heterocycles. The molecule has 0 saturated carbocycles. The first-order chi connectivity index (χ1) is 19.8. The molecule has 0 saturated heterocycles. The van der Waals surface area contributed by atoms with Crippen LogP contribution in [0.15, 0.2) is 72.8 Å². The number of anilines is 1. The van der Waals surface area contributed by atoms with Crippen LogP contribution in [0.5, 0.6) is 0 Å². The van der Waals surface area contributed by atoms with E-state index >= 15 is 0 Å². The third kappa shape index (κ3) is 7.04. The molecule has 0 unspecified atom stereocenters. The first kappa shape index (κ1) is 29.2. The zero-order chi connectivity index (χ0) is 29.4. The number of amides is 3. The van der Waals surface area contributed by atoms with Gasteiger partial charge < -0.3 is 21.3 Å². The number of carbonyl (C=O) groups is 4. The molecule has 0 radical (unpaired) electrons. The minimum Gasteiger partial charge on any atom is -0.342 e. The highest BCUT2D eigenvalue weighted by molar-refractivity contribution is 6.00. The summed E-state index contributed by atoms with van der Waals surface area (Å²) in [6, 6.07) is 21.7. The monoisotopic (exact) mass is 551 g/mol. The molecule has 0 aliphatic carbocycles. The van der Waals surface area contributed by atoms with Crippen LogP contribution in [0.3, 0.4) is 0 Å². The molecule has 41 heavy (non-hydrogen) atoms. The van der Waals surface area contributed by atoms with Crippen LogP contribution in [-0.4, -0.2) is 47.0 Å². The largest absolute Gasteiger partial charge is 0.342 e. The van der Waals surface area contributed by atoms with Crippen LogP contribution in [0.25, 0.3) is 0 Å². The summed E-state index contributed by atoms with van der Waals surface area (Å²) in [5.41, 5.74) is 9.57. The van der Waals surface area contributed by atoms with E-state index in [1.807, 2.05) is 30.3 Å². The highest BCUT2D eigenvalue weighted by Gasteiger charge is 2.36. The van der Waals surface area contributed by atoms with Crippen molar-refractivity contribution in [2.24, 2.45) is 5.73 Å². The van der Waals surface area contributed by atoms with E-state index < -0.39 is 23.9 Å². The summed E-state index contributed by atoms with van der Waals surface area (Å²) < 4.78 is 0. The van der Waals surface area contributed by atoms with Crippen LogP contribution in [0.2, 0.25) is 0 Å². The summed E-state index contributed by atoms with van der Waals surface area (Å²) in [5, 5.41) is 15.1. The number of nitrogens with one attached hydrogen (secondary N) is 2. The summed E-state index contributed by atoms with van der Waals surface area (Å²) in [5.74, 6) is -1.46. The van der Waals surface area contributed by atoms with Crippen molar-refractivity contribution in [2.75, 3.05) is 11.9 Å². The summed E-state index contributed by atoms with van der Waals surface area (Å²) >= 11 is 0. The van der Waals surface area contributed by atoms with Crippen molar-refractivity contribution in [3.05, 3.63) is 101 Å². The summed E-state index contributed by atoms with van der Waals surface area (Å²) in [6.07, 6.45) is 0.407. The quantitative estimate of drug-likeness (QED) is 0.330. The van der Waals surface area contributed by atoms with E-state index in [9.17, 15) is 24.4 Å². The minimum atomic E-state index is -0.978. The van der Waals surface area contributed by atoms with E-state index in [0.717, 1.165) is 11.1 Å². The molecule has 0 aromatic heterocycles. The molecule has 0 fully saturated rings. The molecule has 4 rings (SSSR count). The molecular formula is C32H33N5O4. The number of ketones is 1. The lowest BCUT2D eigenvalue weighted by Gasteiger charge is -2.36. The molecule has 0 spiro atoms. The van der Waals surface area contributed by atoms with Gasteiger partial charge in [0, 0.05) is 31.4 Å². The fraction of sp³-hybridized carbons (Fsp3) is 0.281. The van der Waals surface area contributed by atoms with Crippen LogP contribution in [-0.2, 0) is 27.3 Å². The summed E-state index contributed by atoms with van der Waals surface area (Å²) in [7, 11) is 0. The molecule has 210 valence electrons. The Morgan fingerprint density at radius 2 is 1.68 bits per heavy atom. The normalized spacial score (nSPS) is 14.8. The number of nitriles is 1. The molecule has 2 atom stereocenters. The Labute approximate surface area is 239 Å². The van der Waals surface area contributed by atoms with E-state index in [1.165, 1.54) is 4.90 Å². The van der Waals surface area contributed by atoms with Gasteiger partial charge in [-0.25, -0.2) is 0 Å². The molecule has 3 amide bonds. The predicted octanol–water partition coefficient (Wildman–Crippen LogP) is 3.26. The van der Waals surface area contributed by atoms with Crippen LogP contribution >= 0.6 is 0 Å². The van der Waals surface area contributed by atoms with Crippen molar-refractivity contribution < 1.29 is 19.2 Å². The number of nitrogens with two attached hydrogens (primary N) is 1. The average Bonchev–Trinajstić information content (AvgIpc) is 2.99. The van der Waals surface area contributed by atoms with E-state index in [-0.39, 0.29) is 50.5 Å². The topological polar surface area (TPSA) is 145 Å². The Kier molecular flexibility index (Phi) is 9.61. The van der Waals surface area contributed by atoms with Gasteiger partial charge in [0.15, 0.2) is 5.78 Å². The van der Waals surface area contributed by atoms with Crippen LogP contribution in [0.4, 0.5) is 5.69 Å². The Morgan fingerprint density at radius 1 is 0.976 bits per heavy atom. The number of hydrogen-bond donors (Lipinski definition) is 3. The number of aryl methyl sites for hydroxylation is 1. The van der Waals surface area contributed by atoms with Crippen LogP contribution in [0, 0.1) is 18.3 Å². The SMILES string of the molecule is Cc1cccc(NC(=O)[C@H](CCN)NC(=O)[C@@H]2Cc3ccccc3CN2C(=O)CCC(=O)c2ccccc2)c1C#N. The zero-order valence-electron chi connectivity index (χ0n) is 22.9.